The molecule has 0 bridgehead atoms. The number of aromatic nitrogens is 4. The van der Waals surface area contributed by atoms with Gasteiger partial charge in [0.25, 0.3) is 5.91 Å². The van der Waals surface area contributed by atoms with Gasteiger partial charge in [0, 0.05) is 31.7 Å². The third-order valence-corrected chi connectivity index (χ3v) is 6.42. The van der Waals surface area contributed by atoms with Gasteiger partial charge in [-0.1, -0.05) is 6.42 Å². The highest BCUT2D eigenvalue weighted by atomic mass is 16.4. The molecule has 0 N–H and O–H groups in total. The molecule has 25 heavy (non-hydrogen) atoms. The zero-order chi connectivity index (χ0) is 17.2. The van der Waals surface area contributed by atoms with Crippen molar-refractivity contribution in [2.45, 2.75) is 50.4 Å². The lowest BCUT2D eigenvalue weighted by molar-refractivity contribution is 0.0774. The van der Waals surface area contributed by atoms with E-state index in [1.54, 1.807) is 10.9 Å². The SMILES string of the molecule is Cc1c(C(=O)N2C[C@@H]3CCC[C@]3(c3nnc(C4CC4)o3)C2)cnn1C. The van der Waals surface area contributed by atoms with E-state index < -0.39 is 0 Å². The lowest BCUT2D eigenvalue weighted by atomic mass is 9.80. The molecule has 0 spiro atoms. The van der Waals surface area contributed by atoms with Gasteiger partial charge in [-0.15, -0.1) is 10.2 Å². The van der Waals surface area contributed by atoms with Gasteiger partial charge in [-0.3, -0.25) is 9.48 Å². The van der Waals surface area contributed by atoms with Crippen LogP contribution in [0.3, 0.4) is 0 Å². The van der Waals surface area contributed by atoms with Crippen LogP contribution < -0.4 is 0 Å². The Hall–Kier alpha value is -2.18. The zero-order valence-electron chi connectivity index (χ0n) is 14.7. The molecule has 3 heterocycles. The molecule has 2 saturated carbocycles. The van der Waals surface area contributed by atoms with E-state index in [0.717, 1.165) is 49.7 Å². The summed E-state index contributed by atoms with van der Waals surface area (Å²) in [5.74, 6) is 2.51. The van der Waals surface area contributed by atoms with Crippen molar-refractivity contribution in [3.8, 4) is 0 Å². The summed E-state index contributed by atoms with van der Waals surface area (Å²) in [4.78, 5) is 15.0. The summed E-state index contributed by atoms with van der Waals surface area (Å²) in [6.45, 7) is 3.39. The number of fused-ring (bicyclic) bond motifs is 1. The molecule has 7 nitrogen and oxygen atoms in total. The molecule has 7 heteroatoms. The van der Waals surface area contributed by atoms with Gasteiger partial charge in [-0.05, 0) is 38.5 Å². The predicted molar refractivity (Wildman–Crippen MR) is 89.1 cm³/mol. The number of hydrogen-bond acceptors (Lipinski definition) is 5. The summed E-state index contributed by atoms with van der Waals surface area (Å²) in [6.07, 6.45) is 7.30. The minimum Gasteiger partial charge on any atom is -0.424 e. The number of hydrogen-bond donors (Lipinski definition) is 0. The highest BCUT2D eigenvalue weighted by Gasteiger charge is 2.55. The van der Waals surface area contributed by atoms with Crippen LogP contribution in [-0.4, -0.2) is 43.9 Å². The second-order valence-corrected chi connectivity index (χ2v) is 7.92. The average molecular weight is 341 g/mol. The Morgan fingerprint density at radius 3 is 2.88 bits per heavy atom. The first-order chi connectivity index (χ1) is 12.1. The zero-order valence-corrected chi connectivity index (χ0v) is 14.7. The van der Waals surface area contributed by atoms with Crippen LogP contribution in [0.4, 0.5) is 0 Å². The Kier molecular flexibility index (Phi) is 3.12. The van der Waals surface area contributed by atoms with Gasteiger partial charge >= 0.3 is 0 Å². The lowest BCUT2D eigenvalue weighted by Gasteiger charge is -2.24. The van der Waals surface area contributed by atoms with Gasteiger partial charge in [-0.2, -0.15) is 5.10 Å². The molecular formula is C18H23N5O2. The maximum absolute atomic E-state index is 13.0. The predicted octanol–water partition coefficient (Wildman–Crippen LogP) is 2.18. The van der Waals surface area contributed by atoms with Crippen molar-refractivity contribution < 1.29 is 9.21 Å². The first kappa shape index (κ1) is 15.1. The number of rotatable bonds is 3. The van der Waals surface area contributed by atoms with Crippen LogP contribution in [0.5, 0.6) is 0 Å². The van der Waals surface area contributed by atoms with Gasteiger partial charge in [0.05, 0.1) is 17.2 Å². The normalized spacial score (nSPS) is 28.6. The van der Waals surface area contributed by atoms with Gasteiger partial charge in [0.1, 0.15) is 0 Å². The van der Waals surface area contributed by atoms with E-state index in [2.05, 4.69) is 15.3 Å². The third-order valence-electron chi connectivity index (χ3n) is 6.42. The van der Waals surface area contributed by atoms with Gasteiger partial charge in [0.15, 0.2) is 0 Å². The van der Waals surface area contributed by atoms with Crippen molar-refractivity contribution in [2.24, 2.45) is 13.0 Å². The standard InChI is InChI=1S/C18H23N5O2/c1-11-14(8-19-22(11)2)16(24)23-9-13-4-3-7-18(13,10-23)17-21-20-15(25-17)12-5-6-12/h8,12-13H,3-7,9-10H2,1-2H3/t13-,18-/m0/s1. The third kappa shape index (κ3) is 2.17. The van der Waals surface area contributed by atoms with Crippen LogP contribution in [-0.2, 0) is 12.5 Å². The van der Waals surface area contributed by atoms with Crippen molar-refractivity contribution in [3.05, 3.63) is 29.2 Å². The van der Waals surface area contributed by atoms with Crippen LogP contribution >= 0.6 is 0 Å². The minimum atomic E-state index is -0.147. The molecular weight excluding hydrogens is 318 g/mol. The molecule has 2 aromatic heterocycles. The Labute approximate surface area is 146 Å². The van der Waals surface area contributed by atoms with Gasteiger partial charge < -0.3 is 9.32 Å². The number of carbonyl (C=O) groups excluding carboxylic acids is 1. The van der Waals surface area contributed by atoms with Crippen molar-refractivity contribution in [2.75, 3.05) is 13.1 Å². The number of likely N-dealkylation sites (tertiary alicyclic amines) is 1. The Morgan fingerprint density at radius 1 is 1.32 bits per heavy atom. The Bertz CT molecular complexity index is 836. The van der Waals surface area contributed by atoms with Crippen LogP contribution in [0.25, 0.3) is 0 Å². The molecule has 2 aromatic rings. The molecule has 2 aliphatic carbocycles. The second-order valence-electron chi connectivity index (χ2n) is 7.92. The first-order valence-electron chi connectivity index (χ1n) is 9.20. The van der Waals surface area contributed by atoms with E-state index in [-0.39, 0.29) is 11.3 Å². The molecule has 3 fully saturated rings. The van der Waals surface area contributed by atoms with E-state index in [1.165, 1.54) is 6.42 Å². The van der Waals surface area contributed by atoms with Crippen LogP contribution in [0, 0.1) is 12.8 Å². The molecule has 0 radical (unpaired) electrons. The lowest BCUT2D eigenvalue weighted by Crippen LogP contribution is -2.35. The summed E-state index contributed by atoms with van der Waals surface area (Å²) in [6, 6.07) is 0. The molecule has 1 aliphatic heterocycles. The second kappa shape index (κ2) is 5.16. The van der Waals surface area contributed by atoms with Crippen LogP contribution in [0.2, 0.25) is 0 Å². The smallest absolute Gasteiger partial charge is 0.257 e. The summed E-state index contributed by atoms with van der Waals surface area (Å²) in [5, 5.41) is 12.9. The highest BCUT2D eigenvalue weighted by molar-refractivity contribution is 5.95. The van der Waals surface area contributed by atoms with Crippen LogP contribution in [0.15, 0.2) is 10.6 Å². The van der Waals surface area contributed by atoms with Gasteiger partial charge in [-0.25, -0.2) is 0 Å². The summed E-state index contributed by atoms with van der Waals surface area (Å²) >= 11 is 0. The number of amides is 1. The van der Waals surface area contributed by atoms with Gasteiger partial charge in [0.2, 0.25) is 11.8 Å². The Balaban J connectivity index is 1.44. The maximum atomic E-state index is 13.0. The number of aryl methyl sites for hydroxylation is 1. The fourth-order valence-electron chi connectivity index (χ4n) is 4.60. The highest BCUT2D eigenvalue weighted by Crippen LogP contribution is 2.51. The average Bonchev–Trinajstić information content (AvgIpc) is 2.95. The quantitative estimate of drug-likeness (QED) is 0.855. The van der Waals surface area contributed by atoms with Crippen molar-refractivity contribution in [1.82, 2.24) is 24.9 Å². The van der Waals surface area contributed by atoms with Crippen molar-refractivity contribution >= 4 is 5.91 Å². The first-order valence-corrected chi connectivity index (χ1v) is 9.20. The minimum absolute atomic E-state index is 0.0707. The topological polar surface area (TPSA) is 77.1 Å². The molecule has 1 saturated heterocycles. The fourth-order valence-corrected chi connectivity index (χ4v) is 4.60. The largest absolute Gasteiger partial charge is 0.424 e. The number of carbonyl (C=O) groups is 1. The molecule has 3 aliphatic rings. The summed E-state index contributed by atoms with van der Waals surface area (Å²) in [7, 11) is 1.87. The maximum Gasteiger partial charge on any atom is 0.257 e. The summed E-state index contributed by atoms with van der Waals surface area (Å²) in [5.41, 5.74) is 1.46. The fraction of sp³-hybridized carbons (Fsp3) is 0.667. The molecule has 0 aromatic carbocycles. The van der Waals surface area contributed by atoms with E-state index >= 15 is 0 Å². The molecule has 5 rings (SSSR count). The molecule has 1 amide bonds. The molecule has 0 unspecified atom stereocenters. The van der Waals surface area contributed by atoms with Crippen molar-refractivity contribution in [1.29, 1.82) is 0 Å². The number of nitrogens with zero attached hydrogens (tertiary/aromatic N) is 5. The van der Waals surface area contributed by atoms with E-state index in [0.29, 0.717) is 23.9 Å². The monoisotopic (exact) mass is 341 g/mol. The summed E-state index contributed by atoms with van der Waals surface area (Å²) < 4.78 is 7.83. The van der Waals surface area contributed by atoms with Crippen LogP contribution in [0.1, 0.15) is 65.9 Å². The van der Waals surface area contributed by atoms with E-state index in [9.17, 15) is 4.79 Å². The van der Waals surface area contributed by atoms with E-state index in [1.807, 2.05) is 18.9 Å². The Morgan fingerprint density at radius 2 is 2.16 bits per heavy atom. The molecule has 132 valence electrons. The van der Waals surface area contributed by atoms with E-state index in [4.69, 9.17) is 4.42 Å². The van der Waals surface area contributed by atoms with Crippen molar-refractivity contribution in [3.63, 3.8) is 0 Å². The molecule has 2 atom stereocenters.